The number of rotatable bonds is 6. The molecule has 0 bridgehead atoms. The lowest BCUT2D eigenvalue weighted by molar-refractivity contribution is 0.102. The highest BCUT2D eigenvalue weighted by Gasteiger charge is 2.26. The zero-order valence-electron chi connectivity index (χ0n) is 16.7. The third-order valence-corrected chi connectivity index (χ3v) is 6.70. The van der Waals surface area contributed by atoms with Gasteiger partial charge in [0.15, 0.2) is 0 Å². The normalized spacial score (nSPS) is 11.1. The number of carbonyl (C=O) groups excluding carboxylic acids is 1. The van der Waals surface area contributed by atoms with Crippen molar-refractivity contribution < 1.29 is 13.2 Å². The van der Waals surface area contributed by atoms with Gasteiger partial charge in [-0.3, -0.25) is 9.10 Å². The van der Waals surface area contributed by atoms with Crippen LogP contribution in [0.5, 0.6) is 0 Å². The fourth-order valence-electron chi connectivity index (χ4n) is 3.06. The van der Waals surface area contributed by atoms with Gasteiger partial charge in [0.05, 0.1) is 10.6 Å². The minimum Gasteiger partial charge on any atom is -0.322 e. The number of aryl methyl sites for hydroxylation is 2. The van der Waals surface area contributed by atoms with Crippen molar-refractivity contribution in [2.45, 2.75) is 25.7 Å². The number of nitrogens with zero attached hydrogens (tertiary/aromatic N) is 1. The molecule has 0 unspecified atom stereocenters. The van der Waals surface area contributed by atoms with Gasteiger partial charge in [-0.2, -0.15) is 0 Å². The number of hydrogen-bond acceptors (Lipinski definition) is 3. The van der Waals surface area contributed by atoms with E-state index in [9.17, 15) is 13.2 Å². The van der Waals surface area contributed by atoms with Gasteiger partial charge in [0, 0.05) is 17.8 Å². The first-order valence-corrected chi connectivity index (χ1v) is 10.8. The number of nitrogens with one attached hydrogen (secondary N) is 1. The van der Waals surface area contributed by atoms with E-state index in [1.807, 2.05) is 37.3 Å². The van der Waals surface area contributed by atoms with E-state index in [4.69, 9.17) is 0 Å². The Kier molecular flexibility index (Phi) is 6.03. The van der Waals surface area contributed by atoms with Crippen molar-refractivity contribution in [3.63, 3.8) is 0 Å². The highest BCUT2D eigenvalue weighted by molar-refractivity contribution is 7.92. The summed E-state index contributed by atoms with van der Waals surface area (Å²) in [6.07, 6.45) is 0. The standard InChI is InChI=1S/C23H24N2O3S/c1-4-25(21-8-6-5-7-9-21)29(27,28)22-16-19(13-12-18(22)3)23(26)24-20-14-10-17(2)11-15-20/h5-16H,4H2,1-3H3,(H,24,26). The lowest BCUT2D eigenvalue weighted by atomic mass is 10.1. The fraction of sp³-hybridized carbons (Fsp3) is 0.174. The molecule has 3 rings (SSSR count). The molecular weight excluding hydrogens is 384 g/mol. The molecule has 0 aliphatic rings. The zero-order chi connectivity index (χ0) is 21.0. The monoisotopic (exact) mass is 408 g/mol. The van der Waals surface area contributed by atoms with Crippen molar-refractivity contribution in [1.29, 1.82) is 0 Å². The number of hydrogen-bond donors (Lipinski definition) is 1. The van der Waals surface area contributed by atoms with Gasteiger partial charge in [0.1, 0.15) is 0 Å². The predicted octanol–water partition coefficient (Wildman–Crippen LogP) is 4.77. The van der Waals surface area contributed by atoms with Crippen LogP contribution in [0.4, 0.5) is 11.4 Å². The number of amides is 1. The highest BCUT2D eigenvalue weighted by atomic mass is 32.2. The highest BCUT2D eigenvalue weighted by Crippen LogP contribution is 2.26. The van der Waals surface area contributed by atoms with Crippen LogP contribution in [0, 0.1) is 13.8 Å². The molecule has 0 spiro atoms. The molecule has 3 aromatic carbocycles. The number of carbonyl (C=O) groups is 1. The van der Waals surface area contributed by atoms with Gasteiger partial charge >= 0.3 is 0 Å². The van der Waals surface area contributed by atoms with Crippen LogP contribution in [0.25, 0.3) is 0 Å². The van der Waals surface area contributed by atoms with E-state index in [1.54, 1.807) is 50.2 Å². The van der Waals surface area contributed by atoms with Gasteiger partial charge in [-0.25, -0.2) is 8.42 Å². The van der Waals surface area contributed by atoms with E-state index < -0.39 is 10.0 Å². The lowest BCUT2D eigenvalue weighted by Gasteiger charge is -2.24. The summed E-state index contributed by atoms with van der Waals surface area (Å²) in [7, 11) is -3.82. The van der Waals surface area contributed by atoms with Crippen LogP contribution < -0.4 is 9.62 Å². The molecule has 6 heteroatoms. The molecule has 29 heavy (non-hydrogen) atoms. The lowest BCUT2D eigenvalue weighted by Crippen LogP contribution is -2.31. The summed E-state index contributed by atoms with van der Waals surface area (Å²) in [4.78, 5) is 12.8. The maximum atomic E-state index is 13.3. The van der Waals surface area contributed by atoms with Crippen LogP contribution in [0.15, 0.2) is 77.7 Å². The van der Waals surface area contributed by atoms with Crippen LogP contribution in [0.3, 0.4) is 0 Å². The fourth-order valence-corrected chi connectivity index (χ4v) is 4.79. The Morgan fingerprint density at radius 2 is 1.59 bits per heavy atom. The van der Waals surface area contributed by atoms with Crippen molar-refractivity contribution in [2.75, 3.05) is 16.2 Å². The maximum Gasteiger partial charge on any atom is 0.264 e. The van der Waals surface area contributed by atoms with Crippen LogP contribution >= 0.6 is 0 Å². The summed E-state index contributed by atoms with van der Waals surface area (Å²) < 4.78 is 28.0. The third-order valence-electron chi connectivity index (χ3n) is 4.66. The van der Waals surface area contributed by atoms with Crippen molar-refractivity contribution in [3.05, 3.63) is 89.5 Å². The molecular formula is C23H24N2O3S. The molecule has 0 saturated heterocycles. The SMILES string of the molecule is CCN(c1ccccc1)S(=O)(=O)c1cc(C(=O)Nc2ccc(C)cc2)ccc1C. The first-order chi connectivity index (χ1) is 13.8. The quantitative estimate of drug-likeness (QED) is 0.639. The van der Waals surface area contributed by atoms with Crippen molar-refractivity contribution in [3.8, 4) is 0 Å². The Bertz CT molecular complexity index is 1110. The molecule has 150 valence electrons. The van der Waals surface area contributed by atoms with Crippen molar-refractivity contribution in [2.24, 2.45) is 0 Å². The molecule has 0 heterocycles. The Labute approximate surface area is 172 Å². The number of benzene rings is 3. The van der Waals surface area contributed by atoms with Crippen molar-refractivity contribution in [1.82, 2.24) is 0 Å². The molecule has 0 atom stereocenters. The second-order valence-electron chi connectivity index (χ2n) is 6.81. The second-order valence-corrected chi connectivity index (χ2v) is 8.64. The number of anilines is 2. The van der Waals surface area contributed by atoms with Crippen molar-refractivity contribution >= 4 is 27.3 Å². The van der Waals surface area contributed by atoms with E-state index in [0.717, 1.165) is 5.56 Å². The molecule has 0 aromatic heterocycles. The average molecular weight is 409 g/mol. The summed E-state index contributed by atoms with van der Waals surface area (Å²) >= 11 is 0. The van der Waals surface area contributed by atoms with Gasteiger partial charge in [-0.15, -0.1) is 0 Å². The zero-order valence-corrected chi connectivity index (χ0v) is 17.5. The van der Waals surface area contributed by atoms with Gasteiger partial charge in [-0.1, -0.05) is 42.0 Å². The summed E-state index contributed by atoms with van der Waals surface area (Å²) in [5, 5.41) is 2.81. The van der Waals surface area contributed by atoms with Crippen LogP contribution in [0.1, 0.15) is 28.4 Å². The largest absolute Gasteiger partial charge is 0.322 e. The minimum absolute atomic E-state index is 0.125. The molecule has 1 N–H and O–H groups in total. The van der Waals surface area contributed by atoms with E-state index in [-0.39, 0.29) is 17.3 Å². The Balaban J connectivity index is 1.95. The molecule has 3 aromatic rings. The smallest absolute Gasteiger partial charge is 0.264 e. The molecule has 0 radical (unpaired) electrons. The Hall–Kier alpha value is -3.12. The summed E-state index contributed by atoms with van der Waals surface area (Å²) in [5.74, 6) is -0.354. The molecule has 0 aliphatic heterocycles. The van der Waals surface area contributed by atoms with Gasteiger partial charge in [0.2, 0.25) is 0 Å². The van der Waals surface area contributed by atoms with Gasteiger partial charge in [-0.05, 0) is 62.7 Å². The average Bonchev–Trinajstić information content (AvgIpc) is 2.71. The van der Waals surface area contributed by atoms with E-state index in [1.165, 1.54) is 10.4 Å². The minimum atomic E-state index is -3.82. The Morgan fingerprint density at radius 1 is 0.931 bits per heavy atom. The third kappa shape index (κ3) is 4.49. The molecule has 0 saturated carbocycles. The topological polar surface area (TPSA) is 66.5 Å². The van der Waals surface area contributed by atoms with Crippen LogP contribution in [-0.4, -0.2) is 20.9 Å². The van der Waals surface area contributed by atoms with E-state index in [0.29, 0.717) is 22.5 Å². The van der Waals surface area contributed by atoms with Gasteiger partial charge < -0.3 is 5.32 Å². The van der Waals surface area contributed by atoms with Gasteiger partial charge in [0.25, 0.3) is 15.9 Å². The maximum absolute atomic E-state index is 13.3. The van der Waals surface area contributed by atoms with E-state index in [2.05, 4.69) is 5.32 Å². The molecule has 0 aliphatic carbocycles. The van der Waals surface area contributed by atoms with E-state index >= 15 is 0 Å². The summed E-state index contributed by atoms with van der Waals surface area (Å²) in [6.45, 7) is 5.77. The number of sulfonamides is 1. The predicted molar refractivity (Wildman–Crippen MR) is 117 cm³/mol. The first kappa shape index (κ1) is 20.6. The summed E-state index contributed by atoms with van der Waals surface area (Å²) in [5.41, 5.74) is 3.21. The second kappa shape index (κ2) is 8.49. The summed E-state index contributed by atoms with van der Waals surface area (Å²) in [6, 6.07) is 21.1. The Morgan fingerprint density at radius 3 is 2.21 bits per heavy atom. The molecule has 1 amide bonds. The van der Waals surface area contributed by atoms with Crippen LogP contribution in [0.2, 0.25) is 0 Å². The molecule has 5 nitrogen and oxygen atoms in total. The first-order valence-electron chi connectivity index (χ1n) is 9.39. The molecule has 0 fully saturated rings. The number of para-hydroxylation sites is 1. The van der Waals surface area contributed by atoms with Crippen LogP contribution in [-0.2, 0) is 10.0 Å².